The summed E-state index contributed by atoms with van der Waals surface area (Å²) in [6.45, 7) is 3.18. The van der Waals surface area contributed by atoms with Crippen molar-refractivity contribution in [2.45, 2.75) is 38.2 Å². The van der Waals surface area contributed by atoms with Gasteiger partial charge in [-0.1, -0.05) is 24.3 Å². The molecule has 3 heterocycles. The van der Waals surface area contributed by atoms with Crippen molar-refractivity contribution in [3.8, 4) is 11.6 Å². The third-order valence-corrected chi connectivity index (χ3v) is 7.35. The molecule has 2 fully saturated rings. The fourth-order valence-electron chi connectivity index (χ4n) is 5.31. The van der Waals surface area contributed by atoms with Crippen LogP contribution >= 0.6 is 0 Å². The Labute approximate surface area is 232 Å². The Morgan fingerprint density at radius 3 is 2.70 bits per heavy atom. The van der Waals surface area contributed by atoms with Gasteiger partial charge in [0.15, 0.2) is 0 Å². The van der Waals surface area contributed by atoms with Gasteiger partial charge in [-0.05, 0) is 62.4 Å². The second-order valence-corrected chi connectivity index (χ2v) is 10.2. The number of halogens is 1. The van der Waals surface area contributed by atoms with Gasteiger partial charge in [0.25, 0.3) is 5.91 Å². The summed E-state index contributed by atoms with van der Waals surface area (Å²) in [5, 5.41) is 7.80. The van der Waals surface area contributed by atoms with E-state index >= 15 is 0 Å². The molecule has 0 bridgehead atoms. The van der Waals surface area contributed by atoms with Crippen LogP contribution in [0.3, 0.4) is 0 Å². The van der Waals surface area contributed by atoms with Crippen LogP contribution in [0.25, 0.3) is 10.8 Å². The fraction of sp³-hybridized carbons (Fsp3) is 0.323. The highest BCUT2D eigenvalue weighted by molar-refractivity contribution is 6.10. The van der Waals surface area contributed by atoms with Gasteiger partial charge in [-0.2, -0.15) is 4.98 Å². The van der Waals surface area contributed by atoms with Crippen molar-refractivity contribution in [1.29, 1.82) is 0 Å². The highest BCUT2D eigenvalue weighted by atomic mass is 19.1. The van der Waals surface area contributed by atoms with E-state index in [4.69, 9.17) is 9.47 Å². The van der Waals surface area contributed by atoms with Crippen molar-refractivity contribution in [2.75, 3.05) is 41.8 Å². The number of fused-ring (bicyclic) bond motifs is 1. The van der Waals surface area contributed by atoms with E-state index in [1.807, 2.05) is 24.3 Å². The number of piperidine rings is 1. The number of hydrogen-bond donors (Lipinski definition) is 2. The van der Waals surface area contributed by atoms with E-state index in [2.05, 4.69) is 25.5 Å². The lowest BCUT2D eigenvalue weighted by atomic mass is 10.1. The number of anilines is 3. The van der Waals surface area contributed by atoms with Crippen LogP contribution in [0.2, 0.25) is 0 Å². The molecule has 0 aliphatic carbocycles. The number of aromatic nitrogens is 2. The molecule has 0 radical (unpaired) electrons. The van der Waals surface area contributed by atoms with E-state index in [1.54, 1.807) is 30.5 Å². The molecule has 40 heavy (non-hydrogen) atoms. The zero-order valence-corrected chi connectivity index (χ0v) is 22.2. The van der Waals surface area contributed by atoms with E-state index in [0.717, 1.165) is 61.8 Å². The maximum atomic E-state index is 14.5. The molecular weight excluding hydrogens is 509 g/mol. The maximum Gasteiger partial charge on any atom is 0.255 e. The van der Waals surface area contributed by atoms with Gasteiger partial charge < -0.3 is 25.0 Å². The molecule has 6 rings (SSSR count). The Bertz CT molecular complexity index is 1500. The highest BCUT2D eigenvalue weighted by Gasteiger charge is 2.18. The Morgan fingerprint density at radius 2 is 1.88 bits per heavy atom. The second-order valence-electron chi connectivity index (χ2n) is 10.2. The third kappa shape index (κ3) is 5.99. The minimum atomic E-state index is -0.420. The quantitative estimate of drug-likeness (QED) is 0.267. The van der Waals surface area contributed by atoms with Crippen LogP contribution in [0.4, 0.5) is 21.7 Å². The van der Waals surface area contributed by atoms with Crippen LogP contribution in [0.15, 0.2) is 66.9 Å². The largest absolute Gasteiger partial charge is 0.438 e. The van der Waals surface area contributed by atoms with Gasteiger partial charge in [0.05, 0.1) is 6.10 Å². The van der Waals surface area contributed by atoms with Gasteiger partial charge in [-0.25, -0.2) is 9.37 Å². The summed E-state index contributed by atoms with van der Waals surface area (Å²) in [4.78, 5) is 24.2. The van der Waals surface area contributed by atoms with Crippen molar-refractivity contribution in [3.63, 3.8) is 0 Å². The summed E-state index contributed by atoms with van der Waals surface area (Å²) in [6, 6.07) is 17.5. The Morgan fingerprint density at radius 1 is 1.02 bits per heavy atom. The first-order valence-electron chi connectivity index (χ1n) is 13.9. The zero-order chi connectivity index (χ0) is 27.3. The summed E-state index contributed by atoms with van der Waals surface area (Å²) in [5.74, 6) is 0.679. The van der Waals surface area contributed by atoms with Crippen LogP contribution in [-0.2, 0) is 4.74 Å². The maximum absolute atomic E-state index is 14.5. The first kappa shape index (κ1) is 26.0. The molecular formula is C31H32FN5O3. The van der Waals surface area contributed by atoms with Crippen LogP contribution in [-0.4, -0.2) is 48.2 Å². The molecule has 0 saturated carbocycles. The molecule has 206 valence electrons. The van der Waals surface area contributed by atoms with Crippen molar-refractivity contribution < 1.29 is 18.7 Å². The first-order chi connectivity index (χ1) is 19.6. The van der Waals surface area contributed by atoms with Gasteiger partial charge in [-0.15, -0.1) is 0 Å². The summed E-state index contributed by atoms with van der Waals surface area (Å²) in [6.07, 6.45) is 7.23. The molecule has 9 heteroatoms. The number of amides is 1. The van der Waals surface area contributed by atoms with Crippen LogP contribution < -0.4 is 20.3 Å². The molecule has 4 aromatic rings. The normalized spacial score (nSPS) is 17.1. The SMILES string of the molecule is O=C(Nc1ccc(Oc2ccnc(NCC3CCCO3)n2)c2ccccc12)c1cc(F)cc(N2CCCCC2)c1. The van der Waals surface area contributed by atoms with Gasteiger partial charge in [0, 0.05) is 66.2 Å². The standard InChI is InChI=1S/C31H32FN5O3/c32-22-17-21(18-23(19-22)37-14-4-1-5-15-37)30(38)35-27-10-11-28(26-9-3-2-8-25(26)27)40-29-12-13-33-31(36-29)34-20-24-7-6-16-39-24/h2-3,8-13,17-19,24H,1,4-7,14-16,20H2,(H,35,38)(H,33,34,36). The molecule has 1 atom stereocenters. The molecule has 8 nitrogen and oxygen atoms in total. The van der Waals surface area contributed by atoms with Crippen molar-refractivity contribution in [3.05, 3.63) is 78.2 Å². The predicted molar refractivity (Wildman–Crippen MR) is 154 cm³/mol. The van der Waals surface area contributed by atoms with Crippen molar-refractivity contribution in [2.24, 2.45) is 0 Å². The molecule has 0 spiro atoms. The summed E-state index contributed by atoms with van der Waals surface area (Å²) < 4.78 is 26.3. The minimum Gasteiger partial charge on any atom is -0.438 e. The van der Waals surface area contributed by atoms with E-state index in [0.29, 0.717) is 29.8 Å². The molecule has 2 saturated heterocycles. The second kappa shape index (κ2) is 11.9. The number of carbonyl (C=O) groups excluding carboxylic acids is 1. The van der Waals surface area contributed by atoms with Crippen molar-refractivity contribution >= 4 is 34.0 Å². The molecule has 3 aromatic carbocycles. The molecule has 2 aliphatic rings. The summed E-state index contributed by atoms with van der Waals surface area (Å²) in [7, 11) is 0. The first-order valence-corrected chi connectivity index (χ1v) is 13.9. The minimum absolute atomic E-state index is 0.170. The number of ether oxygens (including phenoxy) is 2. The number of rotatable bonds is 8. The molecule has 2 aliphatic heterocycles. The lowest BCUT2D eigenvalue weighted by molar-refractivity contribution is 0.102. The van der Waals surface area contributed by atoms with Crippen LogP contribution in [0, 0.1) is 5.82 Å². The monoisotopic (exact) mass is 541 g/mol. The fourth-order valence-corrected chi connectivity index (χ4v) is 5.31. The summed E-state index contributed by atoms with van der Waals surface area (Å²) >= 11 is 0. The number of nitrogens with zero attached hydrogens (tertiary/aromatic N) is 3. The number of hydrogen-bond acceptors (Lipinski definition) is 7. The van der Waals surface area contributed by atoms with Crippen LogP contribution in [0.5, 0.6) is 11.6 Å². The lowest BCUT2D eigenvalue weighted by Crippen LogP contribution is -2.29. The van der Waals surface area contributed by atoms with Gasteiger partial charge >= 0.3 is 0 Å². The molecule has 1 unspecified atom stereocenters. The van der Waals surface area contributed by atoms with Gasteiger partial charge in [0.1, 0.15) is 11.6 Å². The Hall–Kier alpha value is -4.24. The van der Waals surface area contributed by atoms with E-state index < -0.39 is 5.82 Å². The lowest BCUT2D eigenvalue weighted by Gasteiger charge is -2.29. The van der Waals surface area contributed by atoms with E-state index in [-0.39, 0.29) is 17.6 Å². The highest BCUT2D eigenvalue weighted by Crippen LogP contribution is 2.34. The predicted octanol–water partition coefficient (Wildman–Crippen LogP) is 6.39. The van der Waals surface area contributed by atoms with Gasteiger partial charge in [-0.3, -0.25) is 4.79 Å². The number of benzene rings is 3. The van der Waals surface area contributed by atoms with Crippen molar-refractivity contribution in [1.82, 2.24) is 9.97 Å². The number of nitrogens with one attached hydrogen (secondary N) is 2. The molecule has 1 aromatic heterocycles. The van der Waals surface area contributed by atoms with Crippen LogP contribution in [0.1, 0.15) is 42.5 Å². The zero-order valence-electron chi connectivity index (χ0n) is 22.2. The third-order valence-electron chi connectivity index (χ3n) is 7.35. The molecule has 1 amide bonds. The Kier molecular flexibility index (Phi) is 7.72. The smallest absolute Gasteiger partial charge is 0.255 e. The topological polar surface area (TPSA) is 88.6 Å². The van der Waals surface area contributed by atoms with E-state index in [9.17, 15) is 9.18 Å². The average molecular weight is 542 g/mol. The average Bonchev–Trinajstić information content (AvgIpc) is 3.52. The van der Waals surface area contributed by atoms with Gasteiger partial charge in [0.2, 0.25) is 11.8 Å². The van der Waals surface area contributed by atoms with E-state index in [1.165, 1.54) is 18.6 Å². The summed E-state index contributed by atoms with van der Waals surface area (Å²) in [5.41, 5.74) is 1.64. The molecule has 2 N–H and O–H groups in total. The Balaban J connectivity index is 1.20. The number of carbonyl (C=O) groups is 1.